The van der Waals surface area contributed by atoms with Gasteiger partial charge in [-0.25, -0.2) is 0 Å². The Labute approximate surface area is 180 Å². The molecule has 11 heteroatoms. The highest BCUT2D eigenvalue weighted by atomic mass is 35.5. The topological polar surface area (TPSA) is 39.7 Å². The number of benzene rings is 2. The van der Waals surface area contributed by atoms with Gasteiger partial charge in [0, 0.05) is 0 Å². The van der Waals surface area contributed by atoms with Crippen molar-refractivity contribution in [2.45, 2.75) is 25.6 Å². The van der Waals surface area contributed by atoms with Gasteiger partial charge in [0.15, 0.2) is 11.5 Å². The molecule has 1 N–H and O–H groups in total. The Balaban J connectivity index is 0.00000341. The lowest BCUT2D eigenvalue weighted by Crippen LogP contribution is -2.30. The van der Waals surface area contributed by atoms with E-state index in [4.69, 9.17) is 4.74 Å². The standard InChI is InChI=1S/C20H19F6NO3.ClH/c21-19(22,23)29-16-3-1-2-14(10-16)15-4-5-17(30-20(24,25)26)18(11-15)28-12-13-6-8-27-9-7-13;/h1-5,10-11,13,27H,6-9,12H2;1H. The highest BCUT2D eigenvalue weighted by Crippen LogP contribution is 2.37. The van der Waals surface area contributed by atoms with Crippen molar-refractivity contribution in [2.24, 2.45) is 5.92 Å². The van der Waals surface area contributed by atoms with Crippen LogP contribution < -0.4 is 19.5 Å². The normalized spacial score (nSPS) is 15.2. The molecule has 2 aromatic carbocycles. The van der Waals surface area contributed by atoms with Gasteiger partial charge in [-0.2, -0.15) is 0 Å². The summed E-state index contributed by atoms with van der Waals surface area (Å²) in [5.74, 6) is -0.904. The molecule has 0 unspecified atom stereocenters. The Morgan fingerprint density at radius 1 is 0.806 bits per heavy atom. The van der Waals surface area contributed by atoms with Gasteiger partial charge in [0.2, 0.25) is 0 Å². The Hall–Kier alpha value is -2.33. The van der Waals surface area contributed by atoms with E-state index >= 15 is 0 Å². The third kappa shape index (κ3) is 8.02. The SMILES string of the molecule is Cl.FC(F)(F)Oc1cccc(-c2ccc(OC(F)(F)F)c(OCC3CCNCC3)c2)c1. The number of nitrogens with one attached hydrogen (secondary N) is 1. The fourth-order valence-electron chi connectivity index (χ4n) is 3.14. The number of piperidine rings is 1. The Bertz CT molecular complexity index is 854. The number of hydrogen-bond donors (Lipinski definition) is 1. The van der Waals surface area contributed by atoms with E-state index in [1.54, 1.807) is 0 Å². The van der Waals surface area contributed by atoms with Crippen molar-refractivity contribution in [1.82, 2.24) is 5.32 Å². The third-order valence-electron chi connectivity index (χ3n) is 4.50. The molecule has 172 valence electrons. The summed E-state index contributed by atoms with van der Waals surface area (Å²) in [7, 11) is 0. The van der Waals surface area contributed by atoms with Crippen LogP contribution in [0, 0.1) is 5.92 Å². The summed E-state index contributed by atoms with van der Waals surface area (Å²) in [6, 6.07) is 8.85. The van der Waals surface area contributed by atoms with Gasteiger partial charge in [-0.15, -0.1) is 38.7 Å². The molecule has 4 nitrogen and oxygen atoms in total. The predicted molar refractivity (Wildman–Crippen MR) is 104 cm³/mol. The zero-order chi connectivity index (χ0) is 21.8. The molecule has 1 fully saturated rings. The maximum Gasteiger partial charge on any atom is 0.573 e. The van der Waals surface area contributed by atoms with Gasteiger partial charge in [0.1, 0.15) is 5.75 Å². The highest BCUT2D eigenvalue weighted by Gasteiger charge is 2.33. The van der Waals surface area contributed by atoms with Gasteiger partial charge in [-0.3, -0.25) is 0 Å². The van der Waals surface area contributed by atoms with Gasteiger partial charge in [0.25, 0.3) is 0 Å². The summed E-state index contributed by atoms with van der Waals surface area (Å²) >= 11 is 0. The Morgan fingerprint density at radius 2 is 1.45 bits per heavy atom. The van der Waals surface area contributed by atoms with Crippen LogP contribution >= 0.6 is 12.4 Å². The molecule has 0 aliphatic carbocycles. The van der Waals surface area contributed by atoms with Crippen LogP contribution in [-0.4, -0.2) is 32.4 Å². The molecule has 1 aliphatic heterocycles. The maximum absolute atomic E-state index is 12.7. The summed E-state index contributed by atoms with van der Waals surface area (Å²) < 4.78 is 89.2. The van der Waals surface area contributed by atoms with Crippen LogP contribution in [0.25, 0.3) is 11.1 Å². The molecule has 31 heavy (non-hydrogen) atoms. The highest BCUT2D eigenvalue weighted by molar-refractivity contribution is 5.85. The van der Waals surface area contributed by atoms with Crippen molar-refractivity contribution < 1.29 is 40.6 Å². The minimum atomic E-state index is -4.91. The number of halogens is 7. The number of hydrogen-bond acceptors (Lipinski definition) is 4. The van der Waals surface area contributed by atoms with Crippen molar-refractivity contribution in [3.05, 3.63) is 42.5 Å². The van der Waals surface area contributed by atoms with E-state index in [1.165, 1.54) is 24.3 Å². The van der Waals surface area contributed by atoms with E-state index < -0.39 is 24.2 Å². The van der Waals surface area contributed by atoms with E-state index in [0.717, 1.165) is 44.1 Å². The molecule has 0 atom stereocenters. The summed E-state index contributed by atoms with van der Waals surface area (Å²) in [6.07, 6.45) is -8.11. The lowest BCUT2D eigenvalue weighted by molar-refractivity contribution is -0.275. The van der Waals surface area contributed by atoms with E-state index in [-0.39, 0.29) is 30.7 Å². The lowest BCUT2D eigenvalue weighted by Gasteiger charge is -2.23. The van der Waals surface area contributed by atoms with Gasteiger partial charge >= 0.3 is 12.7 Å². The first-order valence-electron chi connectivity index (χ1n) is 9.18. The fourth-order valence-corrected chi connectivity index (χ4v) is 3.14. The molecule has 0 spiro atoms. The van der Waals surface area contributed by atoms with Crippen molar-refractivity contribution >= 4 is 12.4 Å². The maximum atomic E-state index is 12.7. The molecule has 0 radical (unpaired) electrons. The quantitative estimate of drug-likeness (QED) is 0.528. The van der Waals surface area contributed by atoms with E-state index in [1.807, 2.05) is 0 Å². The smallest absolute Gasteiger partial charge is 0.489 e. The lowest BCUT2D eigenvalue weighted by atomic mass is 9.99. The molecular weight excluding hydrogens is 452 g/mol. The van der Waals surface area contributed by atoms with Crippen LogP contribution in [-0.2, 0) is 0 Å². The van der Waals surface area contributed by atoms with Gasteiger partial charge < -0.3 is 19.5 Å². The van der Waals surface area contributed by atoms with Gasteiger partial charge in [0.05, 0.1) is 6.61 Å². The third-order valence-corrected chi connectivity index (χ3v) is 4.50. The molecule has 1 saturated heterocycles. The van der Waals surface area contributed by atoms with Crippen molar-refractivity contribution in [3.63, 3.8) is 0 Å². The van der Waals surface area contributed by atoms with Gasteiger partial charge in [-0.05, 0) is 67.2 Å². The predicted octanol–water partition coefficient (Wildman–Crippen LogP) is 5.95. The van der Waals surface area contributed by atoms with Gasteiger partial charge in [-0.1, -0.05) is 18.2 Å². The van der Waals surface area contributed by atoms with Crippen LogP contribution in [0.2, 0.25) is 0 Å². The summed E-state index contributed by atoms with van der Waals surface area (Å²) in [5.41, 5.74) is 0.680. The second-order valence-electron chi connectivity index (χ2n) is 6.79. The van der Waals surface area contributed by atoms with E-state index in [9.17, 15) is 26.3 Å². The Kier molecular flexibility index (Phi) is 8.30. The molecule has 3 rings (SSSR count). The number of rotatable bonds is 6. The fraction of sp³-hybridized carbons (Fsp3) is 0.400. The average Bonchev–Trinajstić information content (AvgIpc) is 2.66. The molecule has 0 bridgehead atoms. The monoisotopic (exact) mass is 471 g/mol. The summed E-state index contributed by atoms with van der Waals surface area (Å²) in [6.45, 7) is 1.80. The first-order valence-corrected chi connectivity index (χ1v) is 9.18. The molecule has 0 saturated carbocycles. The first kappa shape index (κ1) is 24.9. The molecule has 2 aromatic rings. The zero-order valence-electron chi connectivity index (χ0n) is 16.1. The van der Waals surface area contributed by atoms with Crippen LogP contribution in [0.1, 0.15) is 12.8 Å². The largest absolute Gasteiger partial charge is 0.573 e. The minimum Gasteiger partial charge on any atom is -0.489 e. The second kappa shape index (κ2) is 10.3. The van der Waals surface area contributed by atoms with Crippen LogP contribution in [0.3, 0.4) is 0 Å². The minimum absolute atomic E-state index is 0. The summed E-state index contributed by atoms with van der Waals surface area (Å²) in [5, 5.41) is 3.19. The van der Waals surface area contributed by atoms with Crippen molar-refractivity contribution in [2.75, 3.05) is 19.7 Å². The van der Waals surface area contributed by atoms with Crippen molar-refractivity contribution in [3.8, 4) is 28.4 Å². The molecule has 0 amide bonds. The van der Waals surface area contributed by atoms with Crippen LogP contribution in [0.4, 0.5) is 26.3 Å². The molecule has 1 heterocycles. The second-order valence-corrected chi connectivity index (χ2v) is 6.79. The number of ether oxygens (including phenoxy) is 3. The number of alkyl halides is 6. The summed E-state index contributed by atoms with van der Waals surface area (Å²) in [4.78, 5) is 0. The molecule has 0 aromatic heterocycles. The van der Waals surface area contributed by atoms with Crippen molar-refractivity contribution in [1.29, 1.82) is 0 Å². The first-order chi connectivity index (χ1) is 14.1. The Morgan fingerprint density at radius 3 is 2.10 bits per heavy atom. The molecule has 1 aliphatic rings. The zero-order valence-corrected chi connectivity index (χ0v) is 16.9. The molecular formula is C20H20ClF6NO3. The average molecular weight is 472 g/mol. The van der Waals surface area contributed by atoms with Crippen LogP contribution in [0.5, 0.6) is 17.2 Å². The van der Waals surface area contributed by atoms with E-state index in [2.05, 4.69) is 14.8 Å². The van der Waals surface area contributed by atoms with Crippen LogP contribution in [0.15, 0.2) is 42.5 Å². The van der Waals surface area contributed by atoms with E-state index in [0.29, 0.717) is 11.1 Å².